The molecule has 0 unspecified atom stereocenters. The number of piperazine rings is 1. The van der Waals surface area contributed by atoms with E-state index in [9.17, 15) is 9.59 Å². The summed E-state index contributed by atoms with van der Waals surface area (Å²) < 4.78 is 0. The van der Waals surface area contributed by atoms with E-state index in [1.807, 2.05) is 42.2 Å². The van der Waals surface area contributed by atoms with Crippen molar-refractivity contribution >= 4 is 23.6 Å². The van der Waals surface area contributed by atoms with Gasteiger partial charge in [0.15, 0.2) is 5.16 Å². The van der Waals surface area contributed by atoms with Crippen LogP contribution >= 0.6 is 11.8 Å². The van der Waals surface area contributed by atoms with Gasteiger partial charge in [0.2, 0.25) is 11.9 Å². The third kappa shape index (κ3) is 5.53. The first-order valence-corrected chi connectivity index (χ1v) is 11.6. The first-order chi connectivity index (χ1) is 15.6. The molecular formula is C23H26N6O2S. The molecule has 1 N–H and O–H groups in total. The van der Waals surface area contributed by atoms with Gasteiger partial charge in [0.25, 0.3) is 5.56 Å². The van der Waals surface area contributed by atoms with Crippen molar-refractivity contribution in [2.75, 3.05) is 31.1 Å². The van der Waals surface area contributed by atoms with Crippen LogP contribution in [0.3, 0.4) is 0 Å². The molecule has 9 heteroatoms. The highest BCUT2D eigenvalue weighted by Crippen LogP contribution is 2.19. The Morgan fingerprint density at radius 2 is 1.78 bits per heavy atom. The maximum atomic E-state index is 12.7. The molecular weight excluding hydrogens is 424 g/mol. The van der Waals surface area contributed by atoms with Crippen molar-refractivity contribution in [3.63, 3.8) is 0 Å². The SMILES string of the molecule is Cc1nc(SCc2ccccc2)[nH]c(=O)c1CCC(=O)N1CCN(c2ncccn2)CC1. The molecule has 1 amide bonds. The molecule has 166 valence electrons. The number of amides is 1. The Kier molecular flexibility index (Phi) is 7.16. The highest BCUT2D eigenvalue weighted by molar-refractivity contribution is 7.98. The number of H-pyrrole nitrogens is 1. The van der Waals surface area contributed by atoms with Gasteiger partial charge in [-0.05, 0) is 25.0 Å². The summed E-state index contributed by atoms with van der Waals surface area (Å²) in [7, 11) is 0. The molecule has 2 aromatic heterocycles. The molecule has 4 rings (SSSR count). The Morgan fingerprint density at radius 3 is 2.47 bits per heavy atom. The van der Waals surface area contributed by atoms with Crippen molar-refractivity contribution in [3.8, 4) is 0 Å². The molecule has 1 aliphatic heterocycles. The fourth-order valence-corrected chi connectivity index (χ4v) is 4.54. The first-order valence-electron chi connectivity index (χ1n) is 10.7. The zero-order valence-corrected chi connectivity index (χ0v) is 18.8. The Labute approximate surface area is 191 Å². The summed E-state index contributed by atoms with van der Waals surface area (Å²) in [6.07, 6.45) is 4.13. The molecule has 1 fully saturated rings. The number of hydrogen-bond acceptors (Lipinski definition) is 7. The molecule has 0 bridgehead atoms. The lowest BCUT2D eigenvalue weighted by molar-refractivity contribution is -0.131. The number of aryl methyl sites for hydroxylation is 1. The van der Waals surface area contributed by atoms with E-state index in [1.54, 1.807) is 18.5 Å². The van der Waals surface area contributed by atoms with Gasteiger partial charge in [-0.1, -0.05) is 42.1 Å². The van der Waals surface area contributed by atoms with Gasteiger partial charge in [0, 0.05) is 62.0 Å². The zero-order valence-electron chi connectivity index (χ0n) is 18.0. The number of carbonyl (C=O) groups is 1. The van der Waals surface area contributed by atoms with Crippen molar-refractivity contribution in [3.05, 3.63) is 76.0 Å². The van der Waals surface area contributed by atoms with Crippen molar-refractivity contribution < 1.29 is 4.79 Å². The fourth-order valence-electron chi connectivity index (χ4n) is 3.67. The monoisotopic (exact) mass is 450 g/mol. The van der Waals surface area contributed by atoms with E-state index in [0.29, 0.717) is 61.4 Å². The summed E-state index contributed by atoms with van der Waals surface area (Å²) in [5.74, 6) is 1.49. The minimum atomic E-state index is -0.160. The number of nitrogens with one attached hydrogen (secondary N) is 1. The van der Waals surface area contributed by atoms with Crippen LogP contribution in [-0.4, -0.2) is 56.9 Å². The number of rotatable bonds is 7. The Morgan fingerprint density at radius 1 is 1.06 bits per heavy atom. The minimum absolute atomic E-state index is 0.0555. The number of aromatic nitrogens is 4. The molecule has 1 aromatic carbocycles. The quantitative estimate of drug-likeness (QED) is 0.436. The molecule has 3 heterocycles. The minimum Gasteiger partial charge on any atom is -0.339 e. The zero-order chi connectivity index (χ0) is 22.3. The van der Waals surface area contributed by atoms with E-state index in [0.717, 1.165) is 5.75 Å². The van der Waals surface area contributed by atoms with Crippen LogP contribution in [0.5, 0.6) is 0 Å². The number of aromatic amines is 1. The largest absolute Gasteiger partial charge is 0.339 e. The summed E-state index contributed by atoms with van der Waals surface area (Å²) in [6, 6.07) is 11.8. The van der Waals surface area contributed by atoms with Crippen LogP contribution in [0.25, 0.3) is 0 Å². The second-order valence-corrected chi connectivity index (χ2v) is 8.59. The number of nitrogens with zero attached hydrogens (tertiary/aromatic N) is 5. The summed E-state index contributed by atoms with van der Waals surface area (Å²) in [4.78, 5) is 45.2. The van der Waals surface area contributed by atoms with Crippen LogP contribution in [0.2, 0.25) is 0 Å². The highest BCUT2D eigenvalue weighted by Gasteiger charge is 2.22. The number of carbonyl (C=O) groups excluding carboxylic acids is 1. The fraction of sp³-hybridized carbons (Fsp3) is 0.348. The molecule has 8 nitrogen and oxygen atoms in total. The van der Waals surface area contributed by atoms with E-state index in [4.69, 9.17) is 0 Å². The Hall–Kier alpha value is -3.20. The molecule has 0 aliphatic carbocycles. The smallest absolute Gasteiger partial charge is 0.254 e. The van der Waals surface area contributed by atoms with Crippen LogP contribution in [0.4, 0.5) is 5.95 Å². The maximum Gasteiger partial charge on any atom is 0.254 e. The van der Waals surface area contributed by atoms with E-state index >= 15 is 0 Å². The standard InChI is InChI=1S/C23H26N6O2S/c1-17-19(21(31)27-23(26-17)32-16-18-6-3-2-4-7-18)8-9-20(30)28-12-14-29(15-13-28)22-24-10-5-11-25-22/h2-7,10-11H,8-9,12-16H2,1H3,(H,26,27,31). The number of anilines is 1. The van der Waals surface area contributed by atoms with Gasteiger partial charge in [-0.25, -0.2) is 15.0 Å². The number of benzene rings is 1. The summed E-state index contributed by atoms with van der Waals surface area (Å²) in [6.45, 7) is 4.48. The summed E-state index contributed by atoms with van der Waals surface area (Å²) in [5.41, 5.74) is 2.28. The maximum absolute atomic E-state index is 12.7. The van der Waals surface area contributed by atoms with Crippen LogP contribution < -0.4 is 10.5 Å². The first kappa shape index (κ1) is 22.0. The third-order valence-corrected chi connectivity index (χ3v) is 6.42. The van der Waals surface area contributed by atoms with E-state index in [2.05, 4.69) is 24.8 Å². The van der Waals surface area contributed by atoms with Gasteiger partial charge < -0.3 is 14.8 Å². The van der Waals surface area contributed by atoms with E-state index in [1.165, 1.54) is 17.3 Å². The topological polar surface area (TPSA) is 95.1 Å². The molecule has 0 radical (unpaired) electrons. The number of thioether (sulfide) groups is 1. The van der Waals surface area contributed by atoms with Crippen LogP contribution in [0, 0.1) is 6.92 Å². The van der Waals surface area contributed by atoms with Gasteiger partial charge in [-0.2, -0.15) is 0 Å². The second-order valence-electron chi connectivity index (χ2n) is 7.63. The second kappa shape index (κ2) is 10.4. The van der Waals surface area contributed by atoms with Crippen molar-refractivity contribution in [2.24, 2.45) is 0 Å². The van der Waals surface area contributed by atoms with Crippen molar-refractivity contribution in [1.29, 1.82) is 0 Å². The van der Waals surface area contributed by atoms with E-state index < -0.39 is 0 Å². The third-order valence-electron chi connectivity index (χ3n) is 5.48. The van der Waals surface area contributed by atoms with Gasteiger partial charge in [0.05, 0.1) is 0 Å². The Bertz CT molecular complexity index is 1100. The van der Waals surface area contributed by atoms with Gasteiger partial charge >= 0.3 is 0 Å². The predicted octanol–water partition coefficient (Wildman–Crippen LogP) is 2.44. The molecule has 32 heavy (non-hydrogen) atoms. The molecule has 0 saturated carbocycles. The molecule has 1 saturated heterocycles. The van der Waals surface area contributed by atoms with Gasteiger partial charge in [-0.3, -0.25) is 9.59 Å². The highest BCUT2D eigenvalue weighted by atomic mass is 32.2. The number of hydrogen-bond donors (Lipinski definition) is 1. The van der Waals surface area contributed by atoms with Crippen LogP contribution in [0.15, 0.2) is 58.7 Å². The van der Waals surface area contributed by atoms with Crippen LogP contribution in [0.1, 0.15) is 23.2 Å². The molecule has 0 spiro atoms. The van der Waals surface area contributed by atoms with Gasteiger partial charge in [0.1, 0.15) is 0 Å². The lowest BCUT2D eigenvalue weighted by atomic mass is 10.1. The normalized spacial score (nSPS) is 13.9. The van der Waals surface area contributed by atoms with Gasteiger partial charge in [-0.15, -0.1) is 0 Å². The molecule has 3 aromatic rings. The van der Waals surface area contributed by atoms with Crippen LogP contribution in [-0.2, 0) is 17.0 Å². The van der Waals surface area contributed by atoms with Crippen molar-refractivity contribution in [1.82, 2.24) is 24.8 Å². The van der Waals surface area contributed by atoms with Crippen molar-refractivity contribution in [2.45, 2.75) is 30.7 Å². The average Bonchev–Trinajstić information content (AvgIpc) is 2.83. The summed E-state index contributed by atoms with van der Waals surface area (Å²) >= 11 is 1.50. The lowest BCUT2D eigenvalue weighted by Crippen LogP contribution is -2.49. The van der Waals surface area contributed by atoms with E-state index in [-0.39, 0.29) is 11.5 Å². The predicted molar refractivity (Wildman–Crippen MR) is 125 cm³/mol. The average molecular weight is 451 g/mol. The molecule has 0 atom stereocenters. The Balaban J connectivity index is 1.29. The lowest BCUT2D eigenvalue weighted by Gasteiger charge is -2.34. The summed E-state index contributed by atoms with van der Waals surface area (Å²) in [5, 5.41) is 0.602. The molecule has 1 aliphatic rings.